The van der Waals surface area contributed by atoms with Crippen molar-refractivity contribution in [3.63, 3.8) is 0 Å². The second kappa shape index (κ2) is 5.15. The van der Waals surface area contributed by atoms with Crippen LogP contribution < -0.4 is 0 Å². The van der Waals surface area contributed by atoms with E-state index in [2.05, 4.69) is 0 Å². The molecule has 126 valence electrons. The highest BCUT2D eigenvalue weighted by atomic mass is 35.5. The molecule has 2 aliphatic rings. The number of ketones is 2. The second-order valence-corrected chi connectivity index (χ2v) is 7.52. The van der Waals surface area contributed by atoms with Gasteiger partial charge in [-0.3, -0.25) is 9.59 Å². The summed E-state index contributed by atoms with van der Waals surface area (Å²) < 4.78 is 0. The van der Waals surface area contributed by atoms with Crippen LogP contribution in [-0.2, 0) is 5.41 Å². The van der Waals surface area contributed by atoms with Crippen molar-refractivity contribution in [2.45, 2.75) is 10.3 Å². The third kappa shape index (κ3) is 1.63. The Morgan fingerprint density at radius 1 is 0.654 bits per heavy atom. The van der Waals surface area contributed by atoms with Crippen molar-refractivity contribution >= 4 is 23.2 Å². The van der Waals surface area contributed by atoms with Crippen molar-refractivity contribution in [2.75, 3.05) is 0 Å². The Balaban J connectivity index is 1.83. The Morgan fingerprint density at radius 2 is 1.12 bits per heavy atom. The summed E-state index contributed by atoms with van der Waals surface area (Å²) in [7, 11) is 0. The molecule has 0 aromatic heterocycles. The van der Waals surface area contributed by atoms with Gasteiger partial charge in [0.05, 0.1) is 11.3 Å². The van der Waals surface area contributed by atoms with Gasteiger partial charge in [-0.2, -0.15) is 0 Å². The van der Waals surface area contributed by atoms with Crippen molar-refractivity contribution in [1.82, 2.24) is 0 Å². The summed E-state index contributed by atoms with van der Waals surface area (Å²) in [4.78, 5) is 25.5. The van der Waals surface area contributed by atoms with Crippen LogP contribution in [-0.4, -0.2) is 16.4 Å². The van der Waals surface area contributed by atoms with E-state index in [1.165, 1.54) is 0 Å². The number of Topliss-reactive ketones (excluding diaryl/α,β-unsaturated/α-hetero) is 2. The number of fused-ring (bicyclic) bond motifs is 2. The minimum atomic E-state index is -1.28. The quantitative estimate of drug-likeness (QED) is 0.624. The molecule has 0 spiro atoms. The third-order valence-electron chi connectivity index (χ3n) is 5.81. The molecule has 0 N–H and O–H groups in total. The summed E-state index contributed by atoms with van der Waals surface area (Å²) in [6.45, 7) is 0. The first-order chi connectivity index (χ1) is 12.6. The number of rotatable bonds is 2. The monoisotopic (exact) mass is 358 g/mol. The van der Waals surface area contributed by atoms with Gasteiger partial charge in [0, 0.05) is 11.1 Å². The molecular formula is C23H15ClO2. The second-order valence-electron chi connectivity index (χ2n) is 6.92. The molecule has 0 radical (unpaired) electrons. The standard InChI is InChI=1S/C23H15ClO2/c24-23-20(19(25)17-13-7-8-14-18(17)21(23)26)22(23,15-9-3-1-4-10-15)16-11-5-2-6-12-16/h1-14,20H/t20-,23-/m1/s1. The number of halogens is 1. The number of hydrogen-bond acceptors (Lipinski definition) is 2. The highest BCUT2D eigenvalue weighted by Crippen LogP contribution is 2.73. The molecule has 2 atom stereocenters. The average molecular weight is 359 g/mol. The average Bonchev–Trinajstić information content (AvgIpc) is 3.30. The van der Waals surface area contributed by atoms with Gasteiger partial charge in [-0.15, -0.1) is 11.6 Å². The summed E-state index contributed by atoms with van der Waals surface area (Å²) in [5, 5.41) is 0. The zero-order valence-corrected chi connectivity index (χ0v) is 14.6. The largest absolute Gasteiger partial charge is 0.294 e. The van der Waals surface area contributed by atoms with Crippen LogP contribution in [0.15, 0.2) is 84.9 Å². The normalized spacial score (nSPS) is 25.3. The molecule has 0 unspecified atom stereocenters. The molecule has 2 aliphatic carbocycles. The smallest absolute Gasteiger partial charge is 0.186 e. The van der Waals surface area contributed by atoms with E-state index >= 15 is 0 Å². The van der Waals surface area contributed by atoms with Crippen LogP contribution in [0, 0.1) is 5.92 Å². The highest BCUT2D eigenvalue weighted by Gasteiger charge is 2.85. The molecule has 2 nitrogen and oxygen atoms in total. The van der Waals surface area contributed by atoms with E-state index in [1.54, 1.807) is 24.3 Å². The minimum Gasteiger partial charge on any atom is -0.294 e. The van der Waals surface area contributed by atoms with Gasteiger partial charge in [0.1, 0.15) is 4.87 Å². The fourth-order valence-corrected chi connectivity index (χ4v) is 5.33. The Hall–Kier alpha value is -2.71. The number of carbonyl (C=O) groups is 2. The Kier molecular flexibility index (Phi) is 3.08. The molecule has 0 aliphatic heterocycles. The van der Waals surface area contributed by atoms with E-state index in [9.17, 15) is 9.59 Å². The van der Waals surface area contributed by atoms with E-state index in [1.807, 2.05) is 60.7 Å². The van der Waals surface area contributed by atoms with E-state index in [0.717, 1.165) is 11.1 Å². The van der Waals surface area contributed by atoms with Gasteiger partial charge in [-0.1, -0.05) is 84.9 Å². The van der Waals surface area contributed by atoms with Crippen LogP contribution in [0.3, 0.4) is 0 Å². The molecule has 3 aromatic carbocycles. The third-order valence-corrected chi connectivity index (χ3v) is 6.50. The molecule has 26 heavy (non-hydrogen) atoms. The van der Waals surface area contributed by atoms with Crippen LogP contribution in [0.25, 0.3) is 0 Å². The maximum atomic E-state index is 13.4. The van der Waals surface area contributed by atoms with Gasteiger partial charge in [0.15, 0.2) is 11.6 Å². The lowest BCUT2D eigenvalue weighted by atomic mass is 9.83. The van der Waals surface area contributed by atoms with Crippen LogP contribution in [0.5, 0.6) is 0 Å². The number of hydrogen-bond donors (Lipinski definition) is 0. The molecule has 0 amide bonds. The van der Waals surface area contributed by atoms with Gasteiger partial charge in [-0.05, 0) is 11.1 Å². The number of alkyl halides is 1. The molecule has 1 saturated carbocycles. The van der Waals surface area contributed by atoms with E-state index in [0.29, 0.717) is 11.1 Å². The van der Waals surface area contributed by atoms with Gasteiger partial charge < -0.3 is 0 Å². The molecule has 5 rings (SSSR count). The van der Waals surface area contributed by atoms with Crippen LogP contribution in [0.4, 0.5) is 0 Å². The van der Waals surface area contributed by atoms with Crippen molar-refractivity contribution < 1.29 is 9.59 Å². The molecule has 3 aromatic rings. The molecule has 0 heterocycles. The maximum Gasteiger partial charge on any atom is 0.186 e. The Bertz CT molecular complexity index is 1000. The lowest BCUT2D eigenvalue weighted by molar-refractivity contribution is 0.0888. The maximum absolute atomic E-state index is 13.4. The lowest BCUT2D eigenvalue weighted by Gasteiger charge is -2.22. The zero-order valence-electron chi connectivity index (χ0n) is 13.9. The van der Waals surface area contributed by atoms with E-state index < -0.39 is 16.2 Å². The summed E-state index contributed by atoms with van der Waals surface area (Å²) in [6.07, 6.45) is 0. The first-order valence-electron chi connectivity index (χ1n) is 8.61. The van der Waals surface area contributed by atoms with Crippen molar-refractivity contribution in [1.29, 1.82) is 0 Å². The Morgan fingerprint density at radius 3 is 1.65 bits per heavy atom. The van der Waals surface area contributed by atoms with Gasteiger partial charge >= 0.3 is 0 Å². The lowest BCUT2D eigenvalue weighted by Crippen LogP contribution is -2.32. The van der Waals surface area contributed by atoms with Crippen molar-refractivity contribution in [3.8, 4) is 0 Å². The molecule has 3 heteroatoms. The van der Waals surface area contributed by atoms with Gasteiger partial charge in [0.25, 0.3) is 0 Å². The summed E-state index contributed by atoms with van der Waals surface area (Å²) >= 11 is 7.04. The minimum absolute atomic E-state index is 0.0529. The first-order valence-corrected chi connectivity index (χ1v) is 8.99. The fourth-order valence-electron chi connectivity index (χ4n) is 4.70. The van der Waals surface area contributed by atoms with Crippen LogP contribution >= 0.6 is 11.6 Å². The first kappa shape index (κ1) is 15.5. The number of benzene rings is 3. The van der Waals surface area contributed by atoms with E-state index in [4.69, 9.17) is 11.6 Å². The zero-order chi connectivity index (χ0) is 17.9. The summed E-state index contributed by atoms with van der Waals surface area (Å²) in [5.41, 5.74) is 1.87. The van der Waals surface area contributed by atoms with E-state index in [-0.39, 0.29) is 11.6 Å². The predicted octanol–water partition coefficient (Wildman–Crippen LogP) is 4.66. The van der Waals surface area contributed by atoms with Gasteiger partial charge in [0.2, 0.25) is 0 Å². The topological polar surface area (TPSA) is 34.1 Å². The SMILES string of the molecule is O=C1c2ccccc2C(=O)[C@]2(Cl)[C@H]1C2(c1ccccc1)c1ccccc1. The number of carbonyl (C=O) groups excluding carboxylic acids is 2. The fraction of sp³-hybridized carbons (Fsp3) is 0.130. The molecule has 0 saturated heterocycles. The Labute approximate surface area is 156 Å². The predicted molar refractivity (Wildman–Crippen MR) is 101 cm³/mol. The summed E-state index contributed by atoms with van der Waals surface area (Å²) in [5.74, 6) is -0.807. The van der Waals surface area contributed by atoms with Gasteiger partial charge in [-0.25, -0.2) is 0 Å². The van der Waals surface area contributed by atoms with Crippen molar-refractivity contribution in [3.05, 3.63) is 107 Å². The van der Waals surface area contributed by atoms with Crippen LogP contribution in [0.2, 0.25) is 0 Å². The summed E-state index contributed by atoms with van der Waals surface area (Å²) in [6, 6.07) is 26.4. The highest BCUT2D eigenvalue weighted by molar-refractivity contribution is 6.48. The van der Waals surface area contributed by atoms with Crippen LogP contribution in [0.1, 0.15) is 31.8 Å². The molecule has 1 fully saturated rings. The molecular weight excluding hydrogens is 344 g/mol. The van der Waals surface area contributed by atoms with Crippen molar-refractivity contribution in [2.24, 2.45) is 5.92 Å². The molecule has 0 bridgehead atoms.